The topological polar surface area (TPSA) is 82.1 Å². The maximum atomic E-state index is 12.6. The number of carbonyl (C=O) groups is 1. The summed E-state index contributed by atoms with van der Waals surface area (Å²) >= 11 is 0. The fraction of sp³-hybridized carbons (Fsp3) is 0.389. The molecule has 1 aliphatic heterocycles. The Balaban J connectivity index is 2.35. The minimum Gasteiger partial charge on any atom is -0.497 e. The Kier molecular flexibility index (Phi) is 6.57. The standard InChI is InChI=1S/C18H23NO6S/c1-5-7-15(25-26(4,21)22)16-17(24-12-6-2)18(20)19(16)13-8-10-14(23-3)11-9-13/h5-6,8-11,15-17H,1-2,7,12H2,3-4H3/t15-,16+,17-/m1/s1. The van der Waals surface area contributed by atoms with Crippen molar-refractivity contribution >= 4 is 21.7 Å². The zero-order valence-corrected chi connectivity index (χ0v) is 15.6. The van der Waals surface area contributed by atoms with E-state index in [0.29, 0.717) is 11.4 Å². The molecule has 1 aromatic rings. The highest BCUT2D eigenvalue weighted by atomic mass is 32.2. The summed E-state index contributed by atoms with van der Waals surface area (Å²) in [6, 6.07) is 6.27. The zero-order valence-electron chi connectivity index (χ0n) is 14.8. The fourth-order valence-corrected chi connectivity index (χ4v) is 3.49. The second kappa shape index (κ2) is 8.48. The molecular formula is C18H23NO6S. The van der Waals surface area contributed by atoms with Crippen molar-refractivity contribution in [2.24, 2.45) is 0 Å². The van der Waals surface area contributed by atoms with Gasteiger partial charge in [0.25, 0.3) is 16.0 Å². The number of hydrogen-bond donors (Lipinski definition) is 0. The molecule has 0 N–H and O–H groups in total. The first-order valence-corrected chi connectivity index (χ1v) is 9.82. The molecule has 1 amide bonds. The van der Waals surface area contributed by atoms with Gasteiger partial charge in [-0.2, -0.15) is 8.42 Å². The molecular weight excluding hydrogens is 358 g/mol. The van der Waals surface area contributed by atoms with Crippen LogP contribution in [0, 0.1) is 0 Å². The minimum atomic E-state index is -3.73. The van der Waals surface area contributed by atoms with Crippen molar-refractivity contribution in [3.05, 3.63) is 49.6 Å². The maximum absolute atomic E-state index is 12.6. The summed E-state index contributed by atoms with van der Waals surface area (Å²) < 4.78 is 39.2. The Morgan fingerprint density at radius 3 is 2.38 bits per heavy atom. The predicted molar refractivity (Wildman–Crippen MR) is 98.7 cm³/mol. The molecule has 3 atom stereocenters. The normalized spacial score (nSPS) is 21.0. The summed E-state index contributed by atoms with van der Waals surface area (Å²) in [6.07, 6.45) is 2.67. The van der Waals surface area contributed by atoms with E-state index >= 15 is 0 Å². The van der Waals surface area contributed by atoms with Gasteiger partial charge in [-0.1, -0.05) is 12.2 Å². The van der Waals surface area contributed by atoms with Gasteiger partial charge in [-0.3, -0.25) is 8.98 Å². The first kappa shape index (κ1) is 20.2. The lowest BCUT2D eigenvalue weighted by Gasteiger charge is -2.49. The molecule has 1 fully saturated rings. The van der Waals surface area contributed by atoms with Crippen LogP contribution in [0.5, 0.6) is 5.75 Å². The van der Waals surface area contributed by atoms with E-state index in [0.717, 1.165) is 6.26 Å². The van der Waals surface area contributed by atoms with Gasteiger partial charge in [0, 0.05) is 5.69 Å². The van der Waals surface area contributed by atoms with Crippen molar-refractivity contribution in [3.63, 3.8) is 0 Å². The van der Waals surface area contributed by atoms with Gasteiger partial charge in [0.15, 0.2) is 6.10 Å². The van der Waals surface area contributed by atoms with Gasteiger partial charge in [-0.25, -0.2) is 0 Å². The number of benzene rings is 1. The maximum Gasteiger partial charge on any atom is 0.264 e. The Morgan fingerprint density at radius 2 is 1.88 bits per heavy atom. The van der Waals surface area contributed by atoms with E-state index in [1.165, 1.54) is 11.0 Å². The van der Waals surface area contributed by atoms with Gasteiger partial charge < -0.3 is 14.4 Å². The molecule has 0 unspecified atom stereocenters. The van der Waals surface area contributed by atoms with Crippen LogP contribution < -0.4 is 9.64 Å². The number of anilines is 1. The molecule has 7 nitrogen and oxygen atoms in total. The monoisotopic (exact) mass is 381 g/mol. The number of amides is 1. The first-order valence-electron chi connectivity index (χ1n) is 8.01. The minimum absolute atomic E-state index is 0.170. The smallest absolute Gasteiger partial charge is 0.264 e. The Bertz CT molecular complexity index is 758. The van der Waals surface area contributed by atoms with Crippen molar-refractivity contribution in [3.8, 4) is 5.75 Å². The molecule has 1 heterocycles. The van der Waals surface area contributed by atoms with E-state index in [-0.39, 0.29) is 18.9 Å². The molecule has 0 radical (unpaired) electrons. The highest BCUT2D eigenvalue weighted by Gasteiger charge is 2.53. The molecule has 2 rings (SSSR count). The number of hydrogen-bond acceptors (Lipinski definition) is 6. The van der Waals surface area contributed by atoms with Gasteiger partial charge in [0.2, 0.25) is 0 Å². The number of methoxy groups -OCH3 is 1. The van der Waals surface area contributed by atoms with E-state index in [2.05, 4.69) is 13.2 Å². The number of nitrogens with zero attached hydrogens (tertiary/aromatic N) is 1. The summed E-state index contributed by atoms with van der Waals surface area (Å²) in [6.45, 7) is 7.39. The van der Waals surface area contributed by atoms with E-state index in [4.69, 9.17) is 13.7 Å². The van der Waals surface area contributed by atoms with Crippen LogP contribution in [0.2, 0.25) is 0 Å². The van der Waals surface area contributed by atoms with Crippen LogP contribution in [0.15, 0.2) is 49.6 Å². The van der Waals surface area contributed by atoms with E-state index < -0.39 is 28.4 Å². The molecule has 1 saturated heterocycles. The Labute approximate surface area is 154 Å². The number of ether oxygens (including phenoxy) is 2. The van der Waals surface area contributed by atoms with Crippen molar-refractivity contribution in [1.82, 2.24) is 0 Å². The van der Waals surface area contributed by atoms with Crippen LogP contribution in [0.1, 0.15) is 6.42 Å². The van der Waals surface area contributed by atoms with Gasteiger partial charge in [-0.05, 0) is 30.7 Å². The Hall–Kier alpha value is -2.16. The third-order valence-corrected chi connectivity index (χ3v) is 4.51. The molecule has 0 bridgehead atoms. The number of carbonyl (C=O) groups excluding carboxylic acids is 1. The van der Waals surface area contributed by atoms with Crippen LogP contribution in [-0.4, -0.2) is 52.5 Å². The summed E-state index contributed by atoms with van der Waals surface area (Å²) in [5.74, 6) is 0.376. The molecule has 0 aliphatic carbocycles. The lowest BCUT2D eigenvalue weighted by molar-refractivity contribution is -0.144. The third-order valence-electron chi connectivity index (χ3n) is 3.91. The van der Waals surface area contributed by atoms with E-state index in [1.807, 2.05) is 0 Å². The van der Waals surface area contributed by atoms with Gasteiger partial charge in [0.05, 0.1) is 20.0 Å². The van der Waals surface area contributed by atoms with E-state index in [9.17, 15) is 13.2 Å². The van der Waals surface area contributed by atoms with Crippen LogP contribution >= 0.6 is 0 Å². The predicted octanol–water partition coefficient (Wildman–Crippen LogP) is 1.90. The van der Waals surface area contributed by atoms with Crippen molar-refractivity contribution in [2.75, 3.05) is 24.9 Å². The molecule has 0 saturated carbocycles. The average Bonchev–Trinajstić information content (AvgIpc) is 2.59. The largest absolute Gasteiger partial charge is 0.497 e. The van der Waals surface area contributed by atoms with Crippen LogP contribution in [-0.2, 0) is 23.8 Å². The summed E-state index contributed by atoms with van der Waals surface area (Å²) in [5.41, 5.74) is 0.602. The van der Waals surface area contributed by atoms with Crippen molar-refractivity contribution in [1.29, 1.82) is 0 Å². The van der Waals surface area contributed by atoms with Gasteiger partial charge in [-0.15, -0.1) is 13.2 Å². The van der Waals surface area contributed by atoms with Gasteiger partial charge in [0.1, 0.15) is 17.9 Å². The van der Waals surface area contributed by atoms with E-state index in [1.54, 1.807) is 37.5 Å². The molecule has 1 aliphatic rings. The first-order chi connectivity index (χ1) is 12.3. The van der Waals surface area contributed by atoms with Crippen LogP contribution in [0.4, 0.5) is 5.69 Å². The lowest BCUT2D eigenvalue weighted by Crippen LogP contribution is -2.70. The summed E-state index contributed by atoms with van der Waals surface area (Å²) in [5, 5.41) is 0. The molecule has 0 spiro atoms. The van der Waals surface area contributed by atoms with Crippen LogP contribution in [0.25, 0.3) is 0 Å². The second-order valence-electron chi connectivity index (χ2n) is 5.80. The number of rotatable bonds is 10. The molecule has 0 aromatic heterocycles. The molecule has 1 aromatic carbocycles. The fourth-order valence-electron chi connectivity index (χ4n) is 2.85. The summed E-state index contributed by atoms with van der Waals surface area (Å²) in [7, 11) is -2.18. The SMILES string of the molecule is C=CCO[C@H]1C(=O)N(c2ccc(OC)cc2)[C@H]1[C@@H](CC=C)OS(C)(=O)=O. The number of β-lactam (4-membered cyclic amide) rings is 1. The third kappa shape index (κ3) is 4.51. The molecule has 26 heavy (non-hydrogen) atoms. The average molecular weight is 381 g/mol. The quantitative estimate of drug-likeness (QED) is 0.350. The molecule has 142 valence electrons. The lowest BCUT2D eigenvalue weighted by atomic mass is 9.90. The van der Waals surface area contributed by atoms with Crippen LogP contribution in [0.3, 0.4) is 0 Å². The van der Waals surface area contributed by atoms with Crippen molar-refractivity contribution < 1.29 is 26.9 Å². The highest BCUT2D eigenvalue weighted by molar-refractivity contribution is 7.86. The highest BCUT2D eigenvalue weighted by Crippen LogP contribution is 2.35. The second-order valence-corrected chi connectivity index (χ2v) is 7.40. The van der Waals surface area contributed by atoms with Gasteiger partial charge >= 0.3 is 0 Å². The van der Waals surface area contributed by atoms with Crippen molar-refractivity contribution in [2.45, 2.75) is 24.7 Å². The zero-order chi connectivity index (χ0) is 19.3. The molecule has 8 heteroatoms. The Morgan fingerprint density at radius 1 is 1.23 bits per heavy atom. The summed E-state index contributed by atoms with van der Waals surface area (Å²) in [4.78, 5) is 14.1.